The molecule has 122 valence electrons. The summed E-state index contributed by atoms with van der Waals surface area (Å²) < 4.78 is 42.9. The summed E-state index contributed by atoms with van der Waals surface area (Å²) in [4.78, 5) is 0.0233. The Kier molecular flexibility index (Phi) is 3.32. The zero-order valence-electron chi connectivity index (χ0n) is 12.8. The van der Waals surface area contributed by atoms with Crippen LogP contribution in [0.15, 0.2) is 35.5 Å². The standard InChI is InChI=1S/C16H18FN3O2S/c1-11-8-18-19(9-11)16-5-4-14(7-15(16)17)23(21,22)20-10-12-2-3-13(20)6-12/h4-5,7-9,12-13H,2-3,6,10H2,1H3/t12-,13-/m0/s1. The van der Waals surface area contributed by atoms with E-state index in [4.69, 9.17) is 0 Å². The third kappa shape index (κ3) is 2.38. The average Bonchev–Trinajstić information content (AvgIpc) is 3.23. The van der Waals surface area contributed by atoms with Crippen molar-refractivity contribution in [2.45, 2.75) is 37.1 Å². The van der Waals surface area contributed by atoms with E-state index in [0.29, 0.717) is 12.5 Å². The van der Waals surface area contributed by atoms with Crippen molar-refractivity contribution in [2.75, 3.05) is 6.54 Å². The Morgan fingerprint density at radius 2 is 2.13 bits per heavy atom. The van der Waals surface area contributed by atoms with Gasteiger partial charge in [-0.05, 0) is 55.9 Å². The highest BCUT2D eigenvalue weighted by atomic mass is 32.2. The molecule has 2 aliphatic rings. The minimum Gasteiger partial charge on any atom is -0.238 e. The molecule has 7 heteroatoms. The number of aryl methyl sites for hydroxylation is 1. The smallest absolute Gasteiger partial charge is 0.238 e. The third-order valence-corrected chi connectivity index (χ3v) is 6.76. The molecule has 5 nitrogen and oxygen atoms in total. The molecule has 2 heterocycles. The summed E-state index contributed by atoms with van der Waals surface area (Å²) in [5.74, 6) is -0.121. The second kappa shape index (κ2) is 5.14. The fourth-order valence-corrected chi connectivity index (χ4v) is 5.44. The summed E-state index contributed by atoms with van der Waals surface area (Å²) in [5.41, 5.74) is 1.16. The molecule has 0 amide bonds. The van der Waals surface area contributed by atoms with E-state index in [-0.39, 0.29) is 16.6 Å². The lowest BCUT2D eigenvalue weighted by molar-refractivity contribution is 0.333. The Balaban J connectivity index is 1.68. The topological polar surface area (TPSA) is 55.2 Å². The Bertz CT molecular complexity index is 862. The lowest BCUT2D eigenvalue weighted by atomic mass is 10.1. The van der Waals surface area contributed by atoms with Crippen molar-refractivity contribution in [3.63, 3.8) is 0 Å². The Morgan fingerprint density at radius 1 is 1.30 bits per heavy atom. The predicted molar refractivity (Wildman–Crippen MR) is 83.3 cm³/mol. The monoisotopic (exact) mass is 335 g/mol. The van der Waals surface area contributed by atoms with Gasteiger partial charge < -0.3 is 0 Å². The van der Waals surface area contributed by atoms with Crippen molar-refractivity contribution in [3.05, 3.63) is 42.0 Å². The first-order valence-electron chi connectivity index (χ1n) is 7.78. The molecule has 1 aromatic carbocycles. The molecule has 0 unspecified atom stereocenters. The molecule has 2 fully saturated rings. The summed E-state index contributed by atoms with van der Waals surface area (Å²) >= 11 is 0. The number of hydrogen-bond donors (Lipinski definition) is 0. The van der Waals surface area contributed by atoms with Gasteiger partial charge in [0.25, 0.3) is 0 Å². The molecule has 0 radical (unpaired) electrons. The molecule has 1 saturated carbocycles. The van der Waals surface area contributed by atoms with Crippen LogP contribution >= 0.6 is 0 Å². The number of hydrogen-bond acceptors (Lipinski definition) is 3. The van der Waals surface area contributed by atoms with Crippen LogP contribution in [0.5, 0.6) is 0 Å². The van der Waals surface area contributed by atoms with E-state index in [1.807, 2.05) is 6.92 Å². The second-order valence-corrected chi connectivity index (χ2v) is 8.37. The van der Waals surface area contributed by atoms with Crippen LogP contribution in [0.3, 0.4) is 0 Å². The predicted octanol–water partition coefficient (Wildman–Crippen LogP) is 2.49. The van der Waals surface area contributed by atoms with Gasteiger partial charge in [-0.3, -0.25) is 0 Å². The van der Waals surface area contributed by atoms with Gasteiger partial charge in [0.15, 0.2) is 0 Å². The number of benzene rings is 1. The highest BCUT2D eigenvalue weighted by Crippen LogP contribution is 2.40. The van der Waals surface area contributed by atoms with E-state index in [9.17, 15) is 12.8 Å². The van der Waals surface area contributed by atoms with Gasteiger partial charge in [-0.2, -0.15) is 9.40 Å². The van der Waals surface area contributed by atoms with Gasteiger partial charge in [0.1, 0.15) is 11.5 Å². The first-order valence-corrected chi connectivity index (χ1v) is 9.22. The maximum atomic E-state index is 14.4. The Hall–Kier alpha value is -1.73. The quantitative estimate of drug-likeness (QED) is 0.866. The van der Waals surface area contributed by atoms with Crippen LogP contribution in [-0.2, 0) is 10.0 Å². The first kappa shape index (κ1) is 14.8. The van der Waals surface area contributed by atoms with Gasteiger partial charge in [-0.1, -0.05) is 0 Å². The van der Waals surface area contributed by atoms with Crippen LogP contribution in [0.1, 0.15) is 24.8 Å². The normalized spacial score (nSPS) is 24.4. The van der Waals surface area contributed by atoms with Gasteiger partial charge in [0.2, 0.25) is 10.0 Å². The first-order chi connectivity index (χ1) is 10.9. The molecule has 2 atom stereocenters. The van der Waals surface area contributed by atoms with Gasteiger partial charge in [0, 0.05) is 18.8 Å². The van der Waals surface area contributed by atoms with Crippen molar-refractivity contribution < 1.29 is 12.8 Å². The maximum absolute atomic E-state index is 14.4. The molecule has 1 aliphatic carbocycles. The third-order valence-electron chi connectivity index (χ3n) is 4.84. The van der Waals surface area contributed by atoms with Crippen LogP contribution in [0.25, 0.3) is 5.69 Å². The van der Waals surface area contributed by atoms with E-state index >= 15 is 0 Å². The summed E-state index contributed by atoms with van der Waals surface area (Å²) in [7, 11) is -3.62. The van der Waals surface area contributed by atoms with Gasteiger partial charge in [-0.15, -0.1) is 0 Å². The van der Waals surface area contributed by atoms with Crippen LogP contribution in [-0.4, -0.2) is 35.1 Å². The Morgan fingerprint density at radius 3 is 2.70 bits per heavy atom. The van der Waals surface area contributed by atoms with Crippen LogP contribution in [0.4, 0.5) is 4.39 Å². The number of nitrogens with zero attached hydrogens (tertiary/aromatic N) is 3. The van der Waals surface area contributed by atoms with Crippen LogP contribution in [0.2, 0.25) is 0 Å². The molecule has 2 bridgehead atoms. The number of rotatable bonds is 3. The number of halogens is 1. The van der Waals surface area contributed by atoms with Crippen molar-refractivity contribution in [1.29, 1.82) is 0 Å². The molecule has 4 rings (SSSR count). The lowest BCUT2D eigenvalue weighted by Gasteiger charge is -2.26. The van der Waals surface area contributed by atoms with Gasteiger partial charge in [0.05, 0.1) is 11.1 Å². The van der Waals surface area contributed by atoms with E-state index in [1.165, 1.54) is 16.8 Å². The molecule has 1 saturated heterocycles. The zero-order chi connectivity index (χ0) is 16.2. The highest BCUT2D eigenvalue weighted by Gasteiger charge is 2.44. The Labute approximate surface area is 134 Å². The second-order valence-electron chi connectivity index (χ2n) is 6.48. The molecule has 0 N–H and O–H groups in total. The molecule has 1 aromatic heterocycles. The van der Waals surface area contributed by atoms with Gasteiger partial charge in [-0.25, -0.2) is 17.5 Å². The fourth-order valence-electron chi connectivity index (χ4n) is 3.69. The largest absolute Gasteiger partial charge is 0.243 e. The molecule has 23 heavy (non-hydrogen) atoms. The minimum absolute atomic E-state index is 0.0233. The summed E-state index contributed by atoms with van der Waals surface area (Å²) in [5, 5.41) is 4.06. The lowest BCUT2D eigenvalue weighted by Crippen LogP contribution is -2.37. The van der Waals surface area contributed by atoms with Gasteiger partial charge >= 0.3 is 0 Å². The van der Waals surface area contributed by atoms with E-state index < -0.39 is 15.8 Å². The average molecular weight is 335 g/mol. The maximum Gasteiger partial charge on any atom is 0.243 e. The van der Waals surface area contributed by atoms with E-state index in [2.05, 4.69) is 5.10 Å². The molecular formula is C16H18FN3O2S. The molecule has 1 aliphatic heterocycles. The van der Waals surface area contributed by atoms with Crippen molar-refractivity contribution in [2.24, 2.45) is 5.92 Å². The summed E-state index contributed by atoms with van der Waals surface area (Å²) in [6.07, 6.45) is 6.28. The fraction of sp³-hybridized carbons (Fsp3) is 0.438. The SMILES string of the molecule is Cc1cnn(-c2ccc(S(=O)(=O)N3C[C@H]4CC[C@H]3C4)cc2F)c1. The van der Waals surface area contributed by atoms with Crippen LogP contribution in [0, 0.1) is 18.7 Å². The highest BCUT2D eigenvalue weighted by molar-refractivity contribution is 7.89. The molecule has 0 spiro atoms. The van der Waals surface area contributed by atoms with Crippen LogP contribution < -0.4 is 0 Å². The van der Waals surface area contributed by atoms with Crippen molar-refractivity contribution in [1.82, 2.24) is 14.1 Å². The number of piperidine rings is 1. The number of fused-ring (bicyclic) bond motifs is 2. The van der Waals surface area contributed by atoms with E-state index in [0.717, 1.165) is 30.9 Å². The van der Waals surface area contributed by atoms with Crippen molar-refractivity contribution >= 4 is 10.0 Å². The summed E-state index contributed by atoms with van der Waals surface area (Å²) in [6.45, 7) is 2.43. The zero-order valence-corrected chi connectivity index (χ0v) is 13.6. The summed E-state index contributed by atoms with van der Waals surface area (Å²) in [6, 6.07) is 4.13. The number of sulfonamides is 1. The minimum atomic E-state index is -3.62. The number of aromatic nitrogens is 2. The molecular weight excluding hydrogens is 317 g/mol. The van der Waals surface area contributed by atoms with Crippen molar-refractivity contribution in [3.8, 4) is 5.69 Å². The van der Waals surface area contributed by atoms with E-state index in [1.54, 1.807) is 16.7 Å². The molecule has 2 aromatic rings.